The first-order chi connectivity index (χ1) is 14.2. The van der Waals surface area contributed by atoms with Crippen molar-refractivity contribution < 1.29 is 9.53 Å². The highest BCUT2D eigenvalue weighted by Gasteiger charge is 2.24. The number of fused-ring (bicyclic) bond motifs is 2. The second kappa shape index (κ2) is 7.65. The van der Waals surface area contributed by atoms with Crippen LogP contribution in [0.4, 0.5) is 0 Å². The van der Waals surface area contributed by atoms with Gasteiger partial charge in [-0.15, -0.1) is 11.3 Å². The summed E-state index contributed by atoms with van der Waals surface area (Å²) < 4.78 is 7.52. The number of aromatic nitrogens is 2. The standard InChI is InChI=1S/C24H28N2O3S/c1-14-13-16(24(3,4)5)10-11-17(14)29-23(28)20-15(2)19-21(30-20)25-18-9-7-6-8-12-26(18)22(19)27/h10-11,13H,6-9,12H2,1-5H3. The third kappa shape index (κ3) is 3.69. The Hall–Kier alpha value is -2.47. The predicted octanol–water partition coefficient (Wildman–Crippen LogP) is 5.32. The van der Waals surface area contributed by atoms with Gasteiger partial charge in [0.2, 0.25) is 0 Å². The number of carbonyl (C=O) groups excluding carboxylic acids is 1. The molecule has 3 heterocycles. The van der Waals surface area contributed by atoms with Crippen LogP contribution in [0.25, 0.3) is 10.2 Å². The predicted molar refractivity (Wildman–Crippen MR) is 121 cm³/mol. The molecule has 5 nitrogen and oxygen atoms in total. The van der Waals surface area contributed by atoms with E-state index >= 15 is 0 Å². The lowest BCUT2D eigenvalue weighted by molar-refractivity contribution is 0.0738. The van der Waals surface area contributed by atoms with E-state index in [2.05, 4.69) is 26.8 Å². The van der Waals surface area contributed by atoms with Crippen molar-refractivity contribution in [1.82, 2.24) is 9.55 Å². The number of benzene rings is 1. The normalized spacial score (nSPS) is 14.4. The Labute approximate surface area is 180 Å². The Bertz CT molecular complexity index is 1200. The molecule has 0 saturated carbocycles. The molecule has 0 radical (unpaired) electrons. The van der Waals surface area contributed by atoms with E-state index in [0.717, 1.165) is 37.1 Å². The van der Waals surface area contributed by atoms with E-state index in [1.165, 1.54) is 16.9 Å². The van der Waals surface area contributed by atoms with Crippen LogP contribution in [0.5, 0.6) is 5.75 Å². The maximum absolute atomic E-state index is 13.1. The maximum Gasteiger partial charge on any atom is 0.354 e. The summed E-state index contributed by atoms with van der Waals surface area (Å²) in [4.78, 5) is 31.9. The van der Waals surface area contributed by atoms with Crippen LogP contribution >= 0.6 is 11.3 Å². The number of ether oxygens (including phenoxy) is 1. The molecule has 6 heteroatoms. The highest BCUT2D eigenvalue weighted by atomic mass is 32.1. The zero-order chi connectivity index (χ0) is 21.6. The number of thiophene rings is 1. The summed E-state index contributed by atoms with van der Waals surface area (Å²) in [6.07, 6.45) is 3.95. The molecule has 2 aromatic heterocycles. The fourth-order valence-corrected chi connectivity index (χ4v) is 5.05. The van der Waals surface area contributed by atoms with Gasteiger partial charge in [0.15, 0.2) is 0 Å². The molecular formula is C24H28N2O3S. The van der Waals surface area contributed by atoms with Crippen molar-refractivity contribution in [1.29, 1.82) is 0 Å². The van der Waals surface area contributed by atoms with Crippen molar-refractivity contribution in [3.05, 3.63) is 55.9 Å². The van der Waals surface area contributed by atoms with Crippen LogP contribution in [0.15, 0.2) is 23.0 Å². The minimum absolute atomic E-state index is 0.0290. The van der Waals surface area contributed by atoms with Crippen molar-refractivity contribution in [3.63, 3.8) is 0 Å². The van der Waals surface area contributed by atoms with Crippen LogP contribution < -0.4 is 10.3 Å². The van der Waals surface area contributed by atoms with Gasteiger partial charge in [-0.25, -0.2) is 9.78 Å². The number of carbonyl (C=O) groups is 1. The zero-order valence-electron chi connectivity index (χ0n) is 18.3. The van der Waals surface area contributed by atoms with Crippen LogP contribution in [0.1, 0.15) is 72.2 Å². The Balaban J connectivity index is 1.70. The van der Waals surface area contributed by atoms with Gasteiger partial charge >= 0.3 is 5.97 Å². The molecule has 0 spiro atoms. The topological polar surface area (TPSA) is 61.2 Å². The molecule has 0 unspecified atom stereocenters. The van der Waals surface area contributed by atoms with E-state index in [1.807, 2.05) is 26.0 Å². The molecular weight excluding hydrogens is 396 g/mol. The van der Waals surface area contributed by atoms with E-state index in [1.54, 1.807) is 4.57 Å². The average molecular weight is 425 g/mol. The monoisotopic (exact) mass is 424 g/mol. The number of aryl methyl sites for hydroxylation is 3. The summed E-state index contributed by atoms with van der Waals surface area (Å²) in [5.41, 5.74) is 2.77. The van der Waals surface area contributed by atoms with Crippen molar-refractivity contribution in [2.24, 2.45) is 0 Å². The Morgan fingerprint density at radius 1 is 1.17 bits per heavy atom. The number of rotatable bonds is 2. The van der Waals surface area contributed by atoms with Gasteiger partial charge in [0.1, 0.15) is 21.3 Å². The molecule has 0 atom stereocenters. The van der Waals surface area contributed by atoms with Crippen molar-refractivity contribution in [2.75, 3.05) is 0 Å². The summed E-state index contributed by atoms with van der Waals surface area (Å²) in [5.74, 6) is 0.951. The second-order valence-electron chi connectivity index (χ2n) is 9.15. The van der Waals surface area contributed by atoms with Crippen molar-refractivity contribution in [3.8, 4) is 5.75 Å². The Morgan fingerprint density at radius 3 is 2.63 bits per heavy atom. The molecule has 30 heavy (non-hydrogen) atoms. The second-order valence-corrected chi connectivity index (χ2v) is 10.2. The van der Waals surface area contributed by atoms with Crippen molar-refractivity contribution >= 4 is 27.5 Å². The lowest BCUT2D eigenvalue weighted by atomic mass is 9.86. The minimum Gasteiger partial charge on any atom is -0.422 e. The molecule has 3 aromatic rings. The van der Waals surface area contributed by atoms with Crippen LogP contribution in [0, 0.1) is 13.8 Å². The van der Waals surface area contributed by atoms with Gasteiger partial charge in [0.05, 0.1) is 5.39 Å². The highest BCUT2D eigenvalue weighted by molar-refractivity contribution is 7.20. The van der Waals surface area contributed by atoms with Crippen LogP contribution in [0.3, 0.4) is 0 Å². The Kier molecular flexibility index (Phi) is 5.30. The molecule has 0 N–H and O–H groups in total. The highest BCUT2D eigenvalue weighted by Crippen LogP contribution is 2.31. The summed E-state index contributed by atoms with van der Waals surface area (Å²) in [5, 5.41) is 0.553. The first-order valence-corrected chi connectivity index (χ1v) is 11.3. The fraction of sp³-hybridized carbons (Fsp3) is 0.458. The van der Waals surface area contributed by atoms with Crippen LogP contribution in [-0.2, 0) is 18.4 Å². The third-order valence-corrected chi connectivity index (χ3v) is 7.01. The fourth-order valence-electron chi connectivity index (χ4n) is 3.98. The maximum atomic E-state index is 13.1. The summed E-state index contributed by atoms with van der Waals surface area (Å²) in [7, 11) is 0. The van der Waals surface area contributed by atoms with Gasteiger partial charge < -0.3 is 4.74 Å². The van der Waals surface area contributed by atoms with Crippen LogP contribution in [-0.4, -0.2) is 15.5 Å². The number of hydrogen-bond donors (Lipinski definition) is 0. The quantitative estimate of drug-likeness (QED) is 0.413. The molecule has 1 aliphatic heterocycles. The first kappa shape index (κ1) is 20.8. The zero-order valence-corrected chi connectivity index (χ0v) is 19.1. The first-order valence-electron chi connectivity index (χ1n) is 10.5. The van der Waals surface area contributed by atoms with Crippen LogP contribution in [0.2, 0.25) is 0 Å². The van der Waals surface area contributed by atoms with Gasteiger partial charge in [-0.05, 0) is 54.9 Å². The molecule has 0 amide bonds. The van der Waals surface area contributed by atoms with E-state index in [-0.39, 0.29) is 11.0 Å². The van der Waals surface area contributed by atoms with Gasteiger partial charge in [-0.1, -0.05) is 39.3 Å². The molecule has 0 bridgehead atoms. The largest absolute Gasteiger partial charge is 0.422 e. The smallest absolute Gasteiger partial charge is 0.354 e. The molecule has 0 saturated heterocycles. The van der Waals surface area contributed by atoms with Gasteiger partial charge in [0, 0.05) is 13.0 Å². The van der Waals surface area contributed by atoms with E-state index < -0.39 is 5.97 Å². The molecule has 1 aliphatic rings. The third-order valence-electron chi connectivity index (χ3n) is 5.84. The van der Waals surface area contributed by atoms with E-state index in [0.29, 0.717) is 33.0 Å². The Morgan fingerprint density at radius 2 is 1.93 bits per heavy atom. The number of nitrogens with zero attached hydrogens (tertiary/aromatic N) is 2. The minimum atomic E-state index is -0.429. The molecule has 158 valence electrons. The summed E-state index contributed by atoms with van der Waals surface area (Å²) >= 11 is 1.26. The lowest BCUT2D eigenvalue weighted by Gasteiger charge is -2.20. The number of hydrogen-bond acceptors (Lipinski definition) is 5. The summed E-state index contributed by atoms with van der Waals surface area (Å²) in [6, 6.07) is 5.91. The van der Waals surface area contributed by atoms with Gasteiger partial charge in [-0.3, -0.25) is 9.36 Å². The summed E-state index contributed by atoms with van der Waals surface area (Å²) in [6.45, 7) is 10.9. The van der Waals surface area contributed by atoms with E-state index in [9.17, 15) is 9.59 Å². The van der Waals surface area contributed by atoms with Crippen molar-refractivity contribution in [2.45, 2.75) is 72.3 Å². The molecule has 0 fully saturated rings. The van der Waals surface area contributed by atoms with Gasteiger partial charge in [0.25, 0.3) is 5.56 Å². The number of esters is 1. The van der Waals surface area contributed by atoms with E-state index in [4.69, 9.17) is 9.72 Å². The SMILES string of the molecule is Cc1cc(C(C)(C)C)ccc1OC(=O)c1sc2nc3n(c(=O)c2c1C)CCCCC3. The molecule has 1 aromatic carbocycles. The average Bonchev–Trinajstić information content (AvgIpc) is 2.85. The van der Waals surface area contributed by atoms with Gasteiger partial charge in [-0.2, -0.15) is 0 Å². The lowest BCUT2D eigenvalue weighted by Crippen LogP contribution is -2.24. The molecule has 0 aliphatic carbocycles. The molecule has 4 rings (SSSR count).